The molecular weight excluding hydrogens is 164 g/mol. The lowest BCUT2D eigenvalue weighted by Crippen LogP contribution is -2.43. The number of nitrogens with zero attached hydrogens (tertiary/aromatic N) is 2. The van der Waals surface area contributed by atoms with Crippen LogP contribution in [0.1, 0.15) is 32.1 Å². The van der Waals surface area contributed by atoms with Crippen LogP contribution in [0.15, 0.2) is 10.7 Å². The Morgan fingerprint density at radius 2 is 2.23 bits per heavy atom. The summed E-state index contributed by atoms with van der Waals surface area (Å²) in [5, 5.41) is 3.82. The largest absolute Gasteiger partial charge is 0.360 e. The second-order valence-corrected chi connectivity index (χ2v) is 4.62. The first-order chi connectivity index (χ1) is 6.07. The molecule has 3 nitrogen and oxygen atoms in total. The molecule has 0 spiro atoms. The van der Waals surface area contributed by atoms with Gasteiger partial charge in [-0.05, 0) is 27.2 Å². The monoisotopic (exact) mass is 180 g/mol. The topological polar surface area (TPSA) is 29.3 Å². The summed E-state index contributed by atoms with van der Waals surface area (Å²) in [5.41, 5.74) is 1.50. The van der Waals surface area contributed by atoms with Crippen molar-refractivity contribution in [2.45, 2.75) is 39.3 Å². The van der Waals surface area contributed by atoms with Gasteiger partial charge in [0.05, 0.1) is 12.7 Å². The van der Waals surface area contributed by atoms with Crippen LogP contribution in [0, 0.1) is 0 Å². The standard InChI is InChI=1S/C10H16N2O/c1-10(2,3)12-5-4-8-6-11-13-9(8)7-12/h6H,4-5,7H2,1-3H3. The third kappa shape index (κ3) is 1.61. The summed E-state index contributed by atoms with van der Waals surface area (Å²) in [7, 11) is 0. The molecule has 0 aliphatic carbocycles. The van der Waals surface area contributed by atoms with Crippen molar-refractivity contribution >= 4 is 0 Å². The highest BCUT2D eigenvalue weighted by atomic mass is 16.5. The van der Waals surface area contributed by atoms with Crippen molar-refractivity contribution in [1.29, 1.82) is 0 Å². The average Bonchev–Trinajstić information content (AvgIpc) is 2.47. The molecule has 0 saturated heterocycles. The lowest BCUT2D eigenvalue weighted by Gasteiger charge is -2.37. The predicted octanol–water partition coefficient (Wildman–Crippen LogP) is 1.83. The molecule has 2 heterocycles. The Morgan fingerprint density at radius 3 is 2.92 bits per heavy atom. The molecule has 0 bridgehead atoms. The van der Waals surface area contributed by atoms with Crippen molar-refractivity contribution in [1.82, 2.24) is 10.1 Å². The maximum atomic E-state index is 5.19. The fraction of sp³-hybridized carbons (Fsp3) is 0.700. The van der Waals surface area contributed by atoms with Crippen molar-refractivity contribution in [2.75, 3.05) is 6.54 Å². The van der Waals surface area contributed by atoms with Gasteiger partial charge in [-0.1, -0.05) is 5.16 Å². The van der Waals surface area contributed by atoms with Crippen LogP contribution in [0.25, 0.3) is 0 Å². The van der Waals surface area contributed by atoms with Crippen LogP contribution in [-0.2, 0) is 13.0 Å². The number of hydrogen-bond donors (Lipinski definition) is 0. The highest BCUT2D eigenvalue weighted by Crippen LogP contribution is 2.24. The fourth-order valence-corrected chi connectivity index (χ4v) is 1.70. The molecule has 0 N–H and O–H groups in total. The zero-order valence-corrected chi connectivity index (χ0v) is 8.50. The Morgan fingerprint density at radius 1 is 1.46 bits per heavy atom. The smallest absolute Gasteiger partial charge is 0.153 e. The van der Waals surface area contributed by atoms with Crippen LogP contribution in [-0.4, -0.2) is 22.1 Å². The van der Waals surface area contributed by atoms with Crippen LogP contribution < -0.4 is 0 Å². The van der Waals surface area contributed by atoms with Gasteiger partial charge >= 0.3 is 0 Å². The van der Waals surface area contributed by atoms with Crippen molar-refractivity contribution in [2.24, 2.45) is 0 Å². The predicted molar refractivity (Wildman–Crippen MR) is 50.4 cm³/mol. The van der Waals surface area contributed by atoms with E-state index in [0.717, 1.165) is 25.3 Å². The maximum Gasteiger partial charge on any atom is 0.153 e. The molecule has 1 aliphatic heterocycles. The minimum atomic E-state index is 0.227. The summed E-state index contributed by atoms with van der Waals surface area (Å²) in [6.45, 7) is 8.70. The molecule has 1 aliphatic rings. The molecule has 0 unspecified atom stereocenters. The Bertz CT molecular complexity index is 298. The van der Waals surface area contributed by atoms with Gasteiger partial charge in [0.25, 0.3) is 0 Å². The first-order valence-corrected chi connectivity index (χ1v) is 4.75. The van der Waals surface area contributed by atoms with E-state index in [1.807, 2.05) is 6.20 Å². The summed E-state index contributed by atoms with van der Waals surface area (Å²) < 4.78 is 5.19. The minimum absolute atomic E-state index is 0.227. The molecule has 0 aromatic carbocycles. The van der Waals surface area contributed by atoms with Crippen molar-refractivity contribution in [3.8, 4) is 0 Å². The van der Waals surface area contributed by atoms with Gasteiger partial charge < -0.3 is 4.52 Å². The SMILES string of the molecule is CC(C)(C)N1CCc2cnoc2C1. The molecule has 0 saturated carbocycles. The van der Waals surface area contributed by atoms with Crippen LogP contribution in [0.4, 0.5) is 0 Å². The van der Waals surface area contributed by atoms with Gasteiger partial charge in [-0.3, -0.25) is 4.90 Å². The lowest BCUT2D eigenvalue weighted by molar-refractivity contribution is 0.105. The van der Waals surface area contributed by atoms with Gasteiger partial charge in [-0.25, -0.2) is 0 Å². The molecule has 1 aromatic rings. The molecule has 0 atom stereocenters. The molecule has 1 aromatic heterocycles. The highest BCUT2D eigenvalue weighted by Gasteiger charge is 2.27. The second kappa shape index (κ2) is 2.84. The Kier molecular flexibility index (Phi) is 1.91. The summed E-state index contributed by atoms with van der Waals surface area (Å²) in [5.74, 6) is 1.04. The van der Waals surface area contributed by atoms with E-state index in [0.29, 0.717) is 0 Å². The Hall–Kier alpha value is -0.830. The first-order valence-electron chi connectivity index (χ1n) is 4.75. The van der Waals surface area contributed by atoms with Gasteiger partial charge in [-0.2, -0.15) is 0 Å². The van der Waals surface area contributed by atoms with Crippen LogP contribution in [0.3, 0.4) is 0 Å². The Labute approximate surface area is 78.7 Å². The third-order valence-electron chi connectivity index (χ3n) is 2.66. The van der Waals surface area contributed by atoms with Crippen LogP contribution in [0.2, 0.25) is 0 Å². The number of aromatic nitrogens is 1. The molecule has 0 fully saturated rings. The highest BCUT2D eigenvalue weighted by molar-refractivity contribution is 5.17. The molecular formula is C10H16N2O. The molecule has 2 rings (SSSR count). The van der Waals surface area contributed by atoms with E-state index in [4.69, 9.17) is 4.52 Å². The lowest BCUT2D eigenvalue weighted by atomic mass is 10.0. The van der Waals surface area contributed by atoms with E-state index in [2.05, 4.69) is 30.8 Å². The van der Waals surface area contributed by atoms with Crippen LogP contribution >= 0.6 is 0 Å². The summed E-state index contributed by atoms with van der Waals surface area (Å²) in [4.78, 5) is 2.42. The van der Waals surface area contributed by atoms with E-state index in [9.17, 15) is 0 Å². The van der Waals surface area contributed by atoms with E-state index in [-0.39, 0.29) is 5.54 Å². The quantitative estimate of drug-likeness (QED) is 0.610. The van der Waals surface area contributed by atoms with Gasteiger partial charge in [0.2, 0.25) is 0 Å². The van der Waals surface area contributed by atoms with Crippen molar-refractivity contribution in [3.63, 3.8) is 0 Å². The fourth-order valence-electron chi connectivity index (χ4n) is 1.70. The molecule has 3 heteroatoms. The van der Waals surface area contributed by atoms with Gasteiger partial charge in [0, 0.05) is 17.6 Å². The molecule has 13 heavy (non-hydrogen) atoms. The van der Waals surface area contributed by atoms with Gasteiger partial charge in [-0.15, -0.1) is 0 Å². The van der Waals surface area contributed by atoms with Crippen molar-refractivity contribution in [3.05, 3.63) is 17.5 Å². The van der Waals surface area contributed by atoms with Crippen LogP contribution in [0.5, 0.6) is 0 Å². The molecule has 72 valence electrons. The average molecular weight is 180 g/mol. The molecule has 0 radical (unpaired) electrons. The summed E-state index contributed by atoms with van der Waals surface area (Å²) in [6.07, 6.45) is 2.91. The van der Waals surface area contributed by atoms with Gasteiger partial charge in [0.15, 0.2) is 5.76 Å². The van der Waals surface area contributed by atoms with E-state index < -0.39 is 0 Å². The second-order valence-electron chi connectivity index (χ2n) is 4.62. The normalized spacial score (nSPS) is 18.7. The maximum absolute atomic E-state index is 5.19. The number of hydrogen-bond acceptors (Lipinski definition) is 3. The van der Waals surface area contributed by atoms with E-state index in [1.165, 1.54) is 5.56 Å². The first kappa shape index (κ1) is 8.75. The van der Waals surface area contributed by atoms with Crippen molar-refractivity contribution < 1.29 is 4.52 Å². The zero-order valence-electron chi connectivity index (χ0n) is 8.50. The zero-order chi connectivity index (χ0) is 9.47. The minimum Gasteiger partial charge on any atom is -0.360 e. The Balaban J connectivity index is 2.18. The molecule has 0 amide bonds. The number of fused-ring (bicyclic) bond motifs is 1. The van der Waals surface area contributed by atoms with E-state index in [1.54, 1.807) is 0 Å². The summed E-state index contributed by atoms with van der Waals surface area (Å²) in [6, 6.07) is 0. The third-order valence-corrected chi connectivity index (χ3v) is 2.66. The summed E-state index contributed by atoms with van der Waals surface area (Å²) >= 11 is 0. The van der Waals surface area contributed by atoms with Gasteiger partial charge in [0.1, 0.15) is 0 Å². The van der Waals surface area contributed by atoms with E-state index >= 15 is 0 Å². The number of rotatable bonds is 0.